The van der Waals surface area contributed by atoms with Gasteiger partial charge in [-0.3, -0.25) is 4.79 Å². The number of piperidine rings is 1. The van der Waals surface area contributed by atoms with Gasteiger partial charge in [0.2, 0.25) is 11.7 Å². The highest BCUT2D eigenvalue weighted by atomic mass is 16.5. The molecule has 1 aliphatic heterocycles. The molecule has 2 aromatic rings. The Hall–Kier alpha value is -3.03. The maximum Gasteiger partial charge on any atom is 0.255 e. The van der Waals surface area contributed by atoms with Crippen LogP contribution in [0.1, 0.15) is 23.2 Å². The largest absolute Gasteiger partial charge is 0.493 e. The lowest BCUT2D eigenvalue weighted by Crippen LogP contribution is -2.45. The molecule has 0 bridgehead atoms. The molecular weight excluding hydrogens is 348 g/mol. The molecule has 1 amide bonds. The molecule has 0 aliphatic carbocycles. The highest BCUT2D eigenvalue weighted by Crippen LogP contribution is 2.39. The molecule has 1 aliphatic rings. The lowest BCUT2D eigenvalue weighted by Gasteiger charge is -2.32. The molecule has 8 nitrogen and oxygen atoms in total. The molecule has 8 heteroatoms. The van der Waals surface area contributed by atoms with Gasteiger partial charge < -0.3 is 24.4 Å². The lowest BCUT2D eigenvalue weighted by atomic mass is 10.0. The minimum absolute atomic E-state index is 0.0789. The van der Waals surface area contributed by atoms with Gasteiger partial charge in [-0.05, 0) is 31.0 Å². The summed E-state index contributed by atoms with van der Waals surface area (Å²) in [6.45, 7) is 1.58. The Morgan fingerprint density at radius 3 is 2.30 bits per heavy atom. The Morgan fingerprint density at radius 2 is 1.70 bits per heavy atom. The number of carbonyl (C=O) groups is 1. The first-order chi connectivity index (χ1) is 13.2. The topological polar surface area (TPSA) is 85.8 Å². The number of hydrogen-bond donors (Lipinski definition) is 1. The summed E-state index contributed by atoms with van der Waals surface area (Å²) in [7, 11) is 4.57. The molecule has 0 unspecified atom stereocenters. The SMILES string of the molecule is COc1ccc(C(=O)NC2CCN(c3ncccn3)CC2)c(OC)c1OC. The van der Waals surface area contributed by atoms with Crippen molar-refractivity contribution in [3.8, 4) is 17.2 Å². The molecule has 1 saturated heterocycles. The van der Waals surface area contributed by atoms with Crippen molar-refractivity contribution in [2.75, 3.05) is 39.3 Å². The number of carbonyl (C=O) groups excluding carboxylic acids is 1. The zero-order valence-corrected chi connectivity index (χ0v) is 15.8. The van der Waals surface area contributed by atoms with Crippen LogP contribution in [-0.2, 0) is 0 Å². The molecule has 1 aromatic heterocycles. The van der Waals surface area contributed by atoms with Crippen LogP contribution in [0.4, 0.5) is 5.95 Å². The van der Waals surface area contributed by atoms with E-state index in [-0.39, 0.29) is 11.9 Å². The Morgan fingerprint density at radius 1 is 1.04 bits per heavy atom. The zero-order valence-electron chi connectivity index (χ0n) is 15.8. The van der Waals surface area contributed by atoms with E-state index in [2.05, 4.69) is 20.2 Å². The maximum atomic E-state index is 12.8. The quantitative estimate of drug-likeness (QED) is 0.829. The molecule has 27 heavy (non-hydrogen) atoms. The average Bonchev–Trinajstić information content (AvgIpc) is 2.73. The van der Waals surface area contributed by atoms with E-state index in [1.54, 1.807) is 37.7 Å². The Balaban J connectivity index is 1.66. The number of aromatic nitrogens is 2. The fraction of sp³-hybridized carbons (Fsp3) is 0.421. The third-order valence-corrected chi connectivity index (χ3v) is 4.61. The second kappa shape index (κ2) is 8.57. The summed E-state index contributed by atoms with van der Waals surface area (Å²) >= 11 is 0. The first-order valence-corrected chi connectivity index (χ1v) is 8.79. The first kappa shape index (κ1) is 18.8. The predicted molar refractivity (Wildman–Crippen MR) is 101 cm³/mol. The van der Waals surface area contributed by atoms with Crippen molar-refractivity contribution < 1.29 is 19.0 Å². The Bertz CT molecular complexity index is 777. The standard InChI is InChI=1S/C19H24N4O4/c1-25-15-6-5-14(16(26-2)17(15)27-3)18(24)22-13-7-11-23(12-8-13)19-20-9-4-10-21-19/h4-6,9-10,13H,7-8,11-12H2,1-3H3,(H,22,24). The van der Waals surface area contributed by atoms with Gasteiger partial charge in [-0.1, -0.05) is 0 Å². The maximum absolute atomic E-state index is 12.8. The smallest absolute Gasteiger partial charge is 0.255 e. The fourth-order valence-electron chi connectivity index (χ4n) is 3.22. The highest BCUT2D eigenvalue weighted by molar-refractivity contribution is 5.98. The summed E-state index contributed by atoms with van der Waals surface area (Å²) in [4.78, 5) is 23.5. The molecule has 1 fully saturated rings. The van der Waals surface area contributed by atoms with Gasteiger partial charge in [-0.25, -0.2) is 9.97 Å². The number of nitrogens with one attached hydrogen (secondary N) is 1. The van der Waals surface area contributed by atoms with Crippen molar-refractivity contribution >= 4 is 11.9 Å². The second-order valence-corrected chi connectivity index (χ2v) is 6.17. The molecule has 2 heterocycles. The summed E-state index contributed by atoms with van der Waals surface area (Å²) in [5, 5.41) is 3.09. The Kier molecular flexibility index (Phi) is 5.95. The van der Waals surface area contributed by atoms with Crippen molar-refractivity contribution in [2.45, 2.75) is 18.9 Å². The van der Waals surface area contributed by atoms with E-state index >= 15 is 0 Å². The lowest BCUT2D eigenvalue weighted by molar-refractivity contribution is 0.0927. The van der Waals surface area contributed by atoms with E-state index in [0.29, 0.717) is 22.8 Å². The minimum atomic E-state index is -0.192. The Labute approximate surface area is 158 Å². The van der Waals surface area contributed by atoms with Crippen LogP contribution in [0.15, 0.2) is 30.6 Å². The number of methoxy groups -OCH3 is 3. The summed E-state index contributed by atoms with van der Waals surface area (Å²) < 4.78 is 16.0. The van der Waals surface area contributed by atoms with Crippen molar-refractivity contribution in [1.82, 2.24) is 15.3 Å². The van der Waals surface area contributed by atoms with Gasteiger partial charge in [-0.15, -0.1) is 0 Å². The van der Waals surface area contributed by atoms with Crippen LogP contribution in [0, 0.1) is 0 Å². The third kappa shape index (κ3) is 4.05. The van der Waals surface area contributed by atoms with Crippen molar-refractivity contribution in [3.05, 3.63) is 36.2 Å². The van der Waals surface area contributed by atoms with Crippen LogP contribution in [-0.4, -0.2) is 56.3 Å². The van der Waals surface area contributed by atoms with Crippen LogP contribution in [0.3, 0.4) is 0 Å². The van der Waals surface area contributed by atoms with E-state index < -0.39 is 0 Å². The number of rotatable bonds is 6. The molecular formula is C19H24N4O4. The molecule has 1 aromatic carbocycles. The van der Waals surface area contributed by atoms with E-state index in [9.17, 15) is 4.79 Å². The normalized spacial score (nSPS) is 14.6. The summed E-state index contributed by atoms with van der Waals surface area (Å²) in [6.07, 6.45) is 5.11. The molecule has 0 spiro atoms. The number of benzene rings is 1. The van der Waals surface area contributed by atoms with Crippen LogP contribution >= 0.6 is 0 Å². The van der Waals surface area contributed by atoms with E-state index in [0.717, 1.165) is 31.9 Å². The molecule has 1 N–H and O–H groups in total. The summed E-state index contributed by atoms with van der Waals surface area (Å²) in [5.74, 6) is 1.82. The van der Waals surface area contributed by atoms with Crippen LogP contribution < -0.4 is 24.4 Å². The predicted octanol–water partition coefficient (Wildman–Crippen LogP) is 1.90. The third-order valence-electron chi connectivity index (χ3n) is 4.61. The number of amides is 1. The van der Waals surface area contributed by atoms with E-state index in [4.69, 9.17) is 14.2 Å². The number of hydrogen-bond acceptors (Lipinski definition) is 7. The molecule has 3 rings (SSSR count). The van der Waals surface area contributed by atoms with E-state index in [1.165, 1.54) is 14.2 Å². The monoisotopic (exact) mass is 372 g/mol. The van der Waals surface area contributed by atoms with Gasteiger partial charge in [0.15, 0.2) is 11.5 Å². The zero-order chi connectivity index (χ0) is 19.2. The van der Waals surface area contributed by atoms with Crippen LogP contribution in [0.2, 0.25) is 0 Å². The van der Waals surface area contributed by atoms with Crippen molar-refractivity contribution in [3.63, 3.8) is 0 Å². The second-order valence-electron chi connectivity index (χ2n) is 6.17. The van der Waals surface area contributed by atoms with Crippen LogP contribution in [0.5, 0.6) is 17.2 Å². The van der Waals surface area contributed by atoms with Gasteiger partial charge in [0, 0.05) is 31.5 Å². The summed E-state index contributed by atoms with van der Waals surface area (Å²) in [6, 6.07) is 5.26. The number of anilines is 1. The average molecular weight is 372 g/mol. The van der Waals surface area contributed by atoms with Gasteiger partial charge in [0.25, 0.3) is 5.91 Å². The highest BCUT2D eigenvalue weighted by Gasteiger charge is 2.25. The van der Waals surface area contributed by atoms with E-state index in [1.807, 2.05) is 0 Å². The van der Waals surface area contributed by atoms with Crippen molar-refractivity contribution in [1.29, 1.82) is 0 Å². The first-order valence-electron chi connectivity index (χ1n) is 8.79. The minimum Gasteiger partial charge on any atom is -0.493 e. The van der Waals surface area contributed by atoms with Crippen molar-refractivity contribution in [2.24, 2.45) is 0 Å². The molecule has 144 valence electrons. The van der Waals surface area contributed by atoms with Gasteiger partial charge in [0.1, 0.15) is 0 Å². The number of nitrogens with zero attached hydrogens (tertiary/aromatic N) is 3. The summed E-state index contributed by atoms with van der Waals surface area (Å²) in [5.41, 5.74) is 0.420. The van der Waals surface area contributed by atoms with Gasteiger partial charge in [0.05, 0.1) is 26.9 Å². The van der Waals surface area contributed by atoms with Gasteiger partial charge >= 0.3 is 0 Å². The van der Waals surface area contributed by atoms with Crippen LogP contribution in [0.25, 0.3) is 0 Å². The molecule has 0 atom stereocenters. The molecule has 0 radical (unpaired) electrons. The molecule has 0 saturated carbocycles. The fourth-order valence-corrected chi connectivity index (χ4v) is 3.22. The van der Waals surface area contributed by atoms with Gasteiger partial charge in [-0.2, -0.15) is 0 Å². The number of ether oxygens (including phenoxy) is 3.